The number of pyridine rings is 1. The second kappa shape index (κ2) is 11.0. The third-order valence-electron chi connectivity index (χ3n) is 5.68. The van der Waals surface area contributed by atoms with Gasteiger partial charge in [0.2, 0.25) is 5.78 Å². The molecule has 1 unspecified atom stereocenters. The zero-order chi connectivity index (χ0) is 24.9. The number of aromatic nitrogens is 1. The van der Waals surface area contributed by atoms with E-state index in [4.69, 9.17) is 4.74 Å². The van der Waals surface area contributed by atoms with Crippen LogP contribution in [-0.2, 0) is 5.41 Å². The van der Waals surface area contributed by atoms with Gasteiger partial charge in [0.25, 0.3) is 0 Å². The van der Waals surface area contributed by atoms with E-state index in [9.17, 15) is 4.79 Å². The molecule has 1 aliphatic rings. The normalized spacial score (nSPS) is 13.9. The van der Waals surface area contributed by atoms with Gasteiger partial charge in [-0.25, -0.2) is 0 Å². The summed E-state index contributed by atoms with van der Waals surface area (Å²) in [6, 6.07) is 17.5. The minimum absolute atomic E-state index is 0.0997. The van der Waals surface area contributed by atoms with Crippen LogP contribution >= 0.6 is 10.7 Å². The van der Waals surface area contributed by atoms with Gasteiger partial charge < -0.3 is 9.46 Å². The van der Waals surface area contributed by atoms with Crippen LogP contribution in [0.25, 0.3) is 0 Å². The van der Waals surface area contributed by atoms with Crippen molar-refractivity contribution in [1.82, 2.24) is 4.98 Å². The van der Waals surface area contributed by atoms with Gasteiger partial charge in [-0.15, -0.1) is 0 Å². The number of aryl methyl sites for hydroxylation is 1. The molecule has 0 spiro atoms. The Kier molecular flexibility index (Phi) is 8.32. The summed E-state index contributed by atoms with van der Waals surface area (Å²) in [5, 5.41) is 0. The van der Waals surface area contributed by atoms with E-state index in [1.807, 2.05) is 19.1 Å². The molecule has 1 heterocycles. The zero-order valence-electron chi connectivity index (χ0n) is 21.1. The Bertz CT molecular complexity index is 1160. The van der Waals surface area contributed by atoms with Crippen LogP contribution in [0.15, 0.2) is 65.7 Å². The first-order valence-electron chi connectivity index (χ1n) is 11.6. The van der Waals surface area contributed by atoms with Gasteiger partial charge in [-0.1, -0.05) is 81.3 Å². The van der Waals surface area contributed by atoms with Crippen molar-refractivity contribution >= 4 is 28.0 Å². The Hall–Kier alpha value is -2.92. The molecule has 180 valence electrons. The van der Waals surface area contributed by atoms with Gasteiger partial charge in [-0.3, -0.25) is 9.78 Å². The number of carbonyl (C=O) groups excluding carboxylic acids is 1. The number of ketones is 1. The largest absolute Gasteiger partial charge is 0.497 e. The van der Waals surface area contributed by atoms with E-state index >= 15 is 0 Å². The number of hydrogen-bond acceptors (Lipinski definition) is 4. The Morgan fingerprint density at radius 2 is 1.76 bits per heavy atom. The summed E-state index contributed by atoms with van der Waals surface area (Å²) in [6.07, 6.45) is 4.68. The molecular formula is C29H36N2O2S. The third-order valence-corrected chi connectivity index (χ3v) is 6.98. The lowest BCUT2D eigenvalue weighted by Gasteiger charge is -2.20. The van der Waals surface area contributed by atoms with Crippen LogP contribution in [0.3, 0.4) is 0 Å². The fraction of sp³-hybridized carbons (Fsp3) is 0.345. The lowest BCUT2D eigenvalue weighted by molar-refractivity contribution is 0.103. The maximum Gasteiger partial charge on any atom is 0.213 e. The Balaban J connectivity index is 0.000000732. The van der Waals surface area contributed by atoms with Crippen molar-refractivity contribution in [2.45, 2.75) is 57.8 Å². The van der Waals surface area contributed by atoms with E-state index in [2.05, 4.69) is 67.5 Å². The molecule has 0 saturated heterocycles. The van der Waals surface area contributed by atoms with Crippen molar-refractivity contribution in [3.8, 4) is 5.75 Å². The number of methoxy groups -OCH3 is 1. The quantitative estimate of drug-likeness (QED) is 0.297. The summed E-state index contributed by atoms with van der Waals surface area (Å²) in [5.74, 6) is 5.85. The van der Waals surface area contributed by atoms with E-state index in [0.717, 1.165) is 16.4 Å². The molecule has 34 heavy (non-hydrogen) atoms. The molecule has 1 saturated carbocycles. The Morgan fingerprint density at radius 1 is 1.12 bits per heavy atom. The average molecular weight is 477 g/mol. The molecule has 2 aromatic carbocycles. The van der Waals surface area contributed by atoms with Gasteiger partial charge in [0.15, 0.2) is 0 Å². The number of ether oxygens (including phenoxy) is 1. The van der Waals surface area contributed by atoms with Crippen LogP contribution in [0.1, 0.15) is 67.7 Å². The fourth-order valence-corrected chi connectivity index (χ4v) is 4.21. The number of rotatable bonds is 6. The van der Waals surface area contributed by atoms with Gasteiger partial charge in [-0.2, -0.15) is 0 Å². The third kappa shape index (κ3) is 7.04. The van der Waals surface area contributed by atoms with Crippen LogP contribution in [-0.4, -0.2) is 23.7 Å². The van der Waals surface area contributed by atoms with Gasteiger partial charge in [-0.05, 0) is 59.7 Å². The minimum Gasteiger partial charge on any atom is -0.497 e. The van der Waals surface area contributed by atoms with Gasteiger partial charge in [0.1, 0.15) is 11.4 Å². The van der Waals surface area contributed by atoms with Crippen LogP contribution in [0.5, 0.6) is 5.75 Å². The van der Waals surface area contributed by atoms with Crippen molar-refractivity contribution in [2.75, 3.05) is 11.8 Å². The van der Waals surface area contributed by atoms with Gasteiger partial charge in [0, 0.05) is 16.7 Å². The Morgan fingerprint density at radius 3 is 2.32 bits per heavy atom. The molecule has 4 rings (SSSR count). The summed E-state index contributed by atoms with van der Waals surface area (Å²) in [7, 11) is 1.05. The van der Waals surface area contributed by atoms with E-state index < -0.39 is 10.7 Å². The fourth-order valence-electron chi connectivity index (χ4n) is 3.21. The van der Waals surface area contributed by atoms with Crippen molar-refractivity contribution in [1.29, 1.82) is 0 Å². The van der Waals surface area contributed by atoms with Crippen molar-refractivity contribution < 1.29 is 9.53 Å². The van der Waals surface area contributed by atoms with E-state index in [0.29, 0.717) is 22.7 Å². The molecule has 1 fully saturated rings. The van der Waals surface area contributed by atoms with Gasteiger partial charge >= 0.3 is 0 Å². The highest BCUT2D eigenvalue weighted by molar-refractivity contribution is 8.15. The number of nitrogens with zero attached hydrogens (tertiary/aromatic N) is 1. The lowest BCUT2D eigenvalue weighted by atomic mass is 9.87. The van der Waals surface area contributed by atoms with Crippen molar-refractivity contribution in [2.24, 2.45) is 5.92 Å². The van der Waals surface area contributed by atoms with Crippen molar-refractivity contribution in [3.63, 3.8) is 0 Å². The summed E-state index contributed by atoms with van der Waals surface area (Å²) in [5.41, 5.74) is 3.94. The highest BCUT2D eigenvalue weighted by Crippen LogP contribution is 2.32. The molecule has 0 bridgehead atoms. The second-order valence-electron chi connectivity index (χ2n) is 9.92. The molecule has 5 heteroatoms. The summed E-state index contributed by atoms with van der Waals surface area (Å²) in [6.45, 7) is 10.8. The number of anilines is 1. The first kappa shape index (κ1) is 25.7. The minimum atomic E-state index is -0.534. The average Bonchev–Trinajstić information content (AvgIpc) is 3.60. The molecule has 0 radical (unpaired) electrons. The van der Waals surface area contributed by atoms with Gasteiger partial charge in [0.05, 0.1) is 12.8 Å². The highest BCUT2D eigenvalue weighted by atomic mass is 32.2. The molecule has 3 aromatic rings. The predicted octanol–water partition coefficient (Wildman–Crippen LogP) is 7.43. The molecule has 1 aromatic heterocycles. The standard InChI is InChI=1S/C25H28N2O2S.C4H8/c1-17-14-22(27-30(6)21-12-10-19(11-13-21)25(2,3)4)23(26-16-17)24(28)18-8-7-9-20(15-18)29-5;1-4-2-3-4/h7-16,27H,6H2,1-5H3;4H,2-3H2,1H3. The van der Waals surface area contributed by atoms with E-state index in [-0.39, 0.29) is 11.2 Å². The Labute approximate surface area is 206 Å². The SMILES string of the molecule is C=S(Nc1cc(C)cnc1C(=O)c1cccc(OC)c1)c1ccc(C(C)(C)C)cc1.CC1CC1. The molecule has 1 aliphatic carbocycles. The van der Waals surface area contributed by atoms with E-state index in [1.54, 1.807) is 31.5 Å². The number of carbonyl (C=O) groups is 1. The monoisotopic (exact) mass is 476 g/mol. The maximum atomic E-state index is 13.1. The first-order chi connectivity index (χ1) is 16.1. The molecule has 0 aliphatic heterocycles. The van der Waals surface area contributed by atoms with Crippen LogP contribution in [0.4, 0.5) is 5.69 Å². The zero-order valence-corrected chi connectivity index (χ0v) is 22.0. The van der Waals surface area contributed by atoms with E-state index in [1.165, 1.54) is 18.4 Å². The summed E-state index contributed by atoms with van der Waals surface area (Å²) in [4.78, 5) is 18.6. The topological polar surface area (TPSA) is 51.2 Å². The molecule has 1 N–H and O–H groups in total. The van der Waals surface area contributed by atoms with Crippen LogP contribution in [0.2, 0.25) is 0 Å². The maximum absolute atomic E-state index is 13.1. The highest BCUT2D eigenvalue weighted by Gasteiger charge is 2.18. The van der Waals surface area contributed by atoms with Crippen LogP contribution in [0, 0.1) is 12.8 Å². The smallest absolute Gasteiger partial charge is 0.213 e. The first-order valence-corrected chi connectivity index (χ1v) is 13.0. The second-order valence-corrected chi connectivity index (χ2v) is 11.4. The molecule has 0 amide bonds. The van der Waals surface area contributed by atoms with Crippen molar-refractivity contribution in [3.05, 3.63) is 83.2 Å². The number of hydrogen-bond donors (Lipinski definition) is 1. The summed E-state index contributed by atoms with van der Waals surface area (Å²) >= 11 is 0. The predicted molar refractivity (Wildman–Crippen MR) is 146 cm³/mol. The molecular weight excluding hydrogens is 440 g/mol. The summed E-state index contributed by atoms with van der Waals surface area (Å²) < 4.78 is 8.66. The molecule has 1 atom stereocenters. The number of benzene rings is 2. The van der Waals surface area contributed by atoms with Crippen LogP contribution < -0.4 is 9.46 Å². The molecule has 4 nitrogen and oxygen atoms in total. The lowest BCUT2D eigenvalue weighted by Crippen LogP contribution is -2.10. The number of nitrogens with one attached hydrogen (secondary N) is 1.